The molecule has 0 unspecified atom stereocenters. The van der Waals surface area contributed by atoms with Crippen LogP contribution in [-0.4, -0.2) is 82.0 Å². The molecule has 0 saturated carbocycles. The van der Waals surface area contributed by atoms with Crippen molar-refractivity contribution >= 4 is 50.9 Å². The Labute approximate surface area is 303 Å². The lowest BCUT2D eigenvalue weighted by atomic mass is 9.94. The third kappa shape index (κ3) is 6.65. The number of hydrogen-bond acceptors (Lipinski definition) is 7. The van der Waals surface area contributed by atoms with E-state index in [0.717, 1.165) is 23.5 Å². The Morgan fingerprint density at radius 1 is 0.824 bits per heavy atom. The minimum Gasteiger partial charge on any atom is -0.478 e. The van der Waals surface area contributed by atoms with E-state index in [1.807, 2.05) is 10.8 Å². The second-order valence-electron chi connectivity index (χ2n) is 12.3. The van der Waals surface area contributed by atoms with Crippen LogP contribution in [0.3, 0.4) is 0 Å². The number of imidazole rings is 1. The van der Waals surface area contributed by atoms with Gasteiger partial charge in [0.15, 0.2) is 0 Å². The summed E-state index contributed by atoms with van der Waals surface area (Å²) in [6.45, 7) is 3.63. The highest BCUT2D eigenvalue weighted by molar-refractivity contribution is 7.92. The van der Waals surface area contributed by atoms with Gasteiger partial charge in [0.05, 0.1) is 28.9 Å². The monoisotopic (exact) mass is 746 g/mol. The van der Waals surface area contributed by atoms with Crippen molar-refractivity contribution in [3.8, 4) is 0 Å². The summed E-state index contributed by atoms with van der Waals surface area (Å²) >= 11 is 12.5. The number of aromatic carboxylic acids is 1. The van der Waals surface area contributed by atoms with Crippen LogP contribution in [0, 0.1) is 0 Å². The lowest BCUT2D eigenvalue weighted by Gasteiger charge is -2.34. The van der Waals surface area contributed by atoms with Gasteiger partial charge >= 0.3 is 5.97 Å². The minimum atomic E-state index is -4.52. The zero-order chi connectivity index (χ0) is 35.9. The lowest BCUT2D eigenvalue weighted by molar-refractivity contribution is 0.0629. The van der Waals surface area contributed by atoms with Crippen LogP contribution in [0.25, 0.3) is 0 Å². The maximum absolute atomic E-state index is 14.7. The molecule has 12 nitrogen and oxygen atoms in total. The quantitative estimate of drug-likeness (QED) is 0.221. The molecule has 1 saturated heterocycles. The van der Waals surface area contributed by atoms with Gasteiger partial charge in [-0.1, -0.05) is 53.5 Å². The molecule has 1 N–H and O–H groups in total. The van der Waals surface area contributed by atoms with Crippen LogP contribution in [0.15, 0.2) is 113 Å². The molecule has 1 fully saturated rings. The summed E-state index contributed by atoms with van der Waals surface area (Å²) in [5.41, 5.74) is 0.117. The van der Waals surface area contributed by atoms with Crippen LogP contribution in [0.5, 0.6) is 0 Å². The van der Waals surface area contributed by atoms with Crippen LogP contribution in [-0.2, 0) is 16.6 Å². The number of fused-ring (bicyclic) bond motifs is 1. The van der Waals surface area contributed by atoms with Crippen molar-refractivity contribution in [2.24, 2.45) is 0 Å². The number of carboxylic acid groups (broad SMARTS) is 1. The van der Waals surface area contributed by atoms with Crippen molar-refractivity contribution in [2.45, 2.75) is 23.5 Å². The van der Waals surface area contributed by atoms with Gasteiger partial charge in [0.2, 0.25) is 0 Å². The van der Waals surface area contributed by atoms with Crippen molar-refractivity contribution in [1.82, 2.24) is 23.9 Å². The molecule has 51 heavy (non-hydrogen) atoms. The van der Waals surface area contributed by atoms with E-state index in [1.54, 1.807) is 66.0 Å². The second kappa shape index (κ2) is 14.0. The van der Waals surface area contributed by atoms with E-state index in [4.69, 9.17) is 23.2 Å². The molecule has 5 aromatic rings. The molecule has 2 atom stereocenters. The molecule has 7 rings (SSSR count). The highest BCUT2D eigenvalue weighted by Crippen LogP contribution is 2.49. The first-order valence-electron chi connectivity index (χ1n) is 16.1. The molecule has 0 bridgehead atoms. The van der Waals surface area contributed by atoms with Crippen molar-refractivity contribution < 1.29 is 23.1 Å². The van der Waals surface area contributed by atoms with Gasteiger partial charge in [-0.25, -0.2) is 22.5 Å². The number of aromatic nitrogens is 3. The van der Waals surface area contributed by atoms with Crippen LogP contribution in [0.2, 0.25) is 10.0 Å². The normalized spacial score (nSPS) is 17.8. The summed E-state index contributed by atoms with van der Waals surface area (Å²) in [4.78, 5) is 48.2. The summed E-state index contributed by atoms with van der Waals surface area (Å²) in [7, 11) is -4.52. The number of pyridine rings is 1. The van der Waals surface area contributed by atoms with Crippen LogP contribution in [0.1, 0.15) is 43.9 Å². The number of sulfonamides is 1. The van der Waals surface area contributed by atoms with Gasteiger partial charge in [-0.05, 0) is 65.7 Å². The largest absolute Gasteiger partial charge is 0.478 e. The fourth-order valence-electron chi connectivity index (χ4n) is 6.73. The zero-order valence-corrected chi connectivity index (χ0v) is 29.4. The first kappa shape index (κ1) is 34.5. The van der Waals surface area contributed by atoms with E-state index in [1.165, 1.54) is 34.9 Å². The SMILES string of the molecule is O=C(O)c1cccc(S(=O)(=O)N2c3ccc(C(=O)N4CCN(CCn5ccnc5)CC4)c(=O)n3[C@@H](c3ccc(Cl)cc3)[C@H]2c2ccc(Cl)cc2)c1. The number of benzene rings is 3. The topological polar surface area (TPSA) is 138 Å². The number of halogens is 2. The van der Waals surface area contributed by atoms with E-state index in [9.17, 15) is 27.9 Å². The number of anilines is 1. The predicted molar refractivity (Wildman–Crippen MR) is 192 cm³/mol. The average molecular weight is 748 g/mol. The summed E-state index contributed by atoms with van der Waals surface area (Å²) in [6.07, 6.45) is 5.39. The summed E-state index contributed by atoms with van der Waals surface area (Å²) in [5, 5.41) is 10.5. The molecule has 1 amide bonds. The second-order valence-corrected chi connectivity index (χ2v) is 15.0. The molecule has 262 valence electrons. The lowest BCUT2D eigenvalue weighted by Crippen LogP contribution is -2.50. The molecule has 2 aromatic heterocycles. The van der Waals surface area contributed by atoms with Crippen LogP contribution in [0.4, 0.5) is 5.82 Å². The first-order valence-corrected chi connectivity index (χ1v) is 18.3. The summed E-state index contributed by atoms with van der Waals surface area (Å²) in [5.74, 6) is -1.72. The molecule has 0 radical (unpaired) electrons. The summed E-state index contributed by atoms with van der Waals surface area (Å²) in [6, 6.07) is 19.2. The Bertz CT molecular complexity index is 2250. The number of nitrogens with zero attached hydrogens (tertiary/aromatic N) is 6. The standard InChI is InChI=1S/C36H32Cl2N6O6S/c37-27-8-4-24(5-9-27)32-33(25-6-10-28(38)11-7-25)44(51(49,50)29-3-1-2-26(22-29)36(47)48)31-13-12-30(35(46)43(31)32)34(45)42-20-18-40(19-21-42)16-17-41-15-14-39-23-41/h1-15,22-23,32-33H,16-21H2,(H,47,48)/t32-,33+/m0/s1. The Kier molecular flexibility index (Phi) is 9.46. The van der Waals surface area contributed by atoms with Gasteiger partial charge in [0.1, 0.15) is 11.4 Å². The van der Waals surface area contributed by atoms with Crippen molar-refractivity contribution in [3.63, 3.8) is 0 Å². The number of rotatable bonds is 9. The molecule has 4 heterocycles. The van der Waals surface area contributed by atoms with E-state index in [-0.39, 0.29) is 21.8 Å². The van der Waals surface area contributed by atoms with E-state index >= 15 is 0 Å². The van der Waals surface area contributed by atoms with Gasteiger partial charge in [-0.3, -0.25) is 19.1 Å². The molecular formula is C36H32Cl2N6O6S. The molecule has 3 aromatic carbocycles. The van der Waals surface area contributed by atoms with Crippen molar-refractivity contribution in [1.29, 1.82) is 0 Å². The fourth-order valence-corrected chi connectivity index (χ4v) is 8.67. The van der Waals surface area contributed by atoms with E-state index < -0.39 is 39.5 Å². The highest BCUT2D eigenvalue weighted by Gasteiger charge is 2.48. The summed E-state index contributed by atoms with van der Waals surface area (Å²) < 4.78 is 33.8. The smallest absolute Gasteiger partial charge is 0.335 e. The van der Waals surface area contributed by atoms with Gasteiger partial charge in [0, 0.05) is 61.7 Å². The maximum Gasteiger partial charge on any atom is 0.335 e. The molecule has 15 heteroatoms. The Hall–Kier alpha value is -4.95. The van der Waals surface area contributed by atoms with Gasteiger partial charge in [-0.2, -0.15) is 0 Å². The minimum absolute atomic E-state index is 0.0153. The number of carbonyl (C=O) groups is 2. The van der Waals surface area contributed by atoms with E-state index in [0.29, 0.717) is 47.4 Å². The third-order valence-electron chi connectivity index (χ3n) is 9.34. The third-order valence-corrected chi connectivity index (χ3v) is 11.6. The van der Waals surface area contributed by atoms with Crippen LogP contribution < -0.4 is 9.86 Å². The number of carbonyl (C=O) groups excluding carboxylic acids is 1. The first-order chi connectivity index (χ1) is 24.5. The van der Waals surface area contributed by atoms with Crippen molar-refractivity contribution in [2.75, 3.05) is 37.0 Å². The fraction of sp³-hybridized carbons (Fsp3) is 0.222. The average Bonchev–Trinajstić information content (AvgIpc) is 3.79. The predicted octanol–water partition coefficient (Wildman–Crippen LogP) is 5.05. The van der Waals surface area contributed by atoms with E-state index in [2.05, 4.69) is 9.88 Å². The molecule has 2 aliphatic rings. The molecule has 2 aliphatic heterocycles. The Morgan fingerprint density at radius 3 is 2.08 bits per heavy atom. The Balaban J connectivity index is 1.32. The number of piperazine rings is 1. The van der Waals surface area contributed by atoms with Crippen LogP contribution >= 0.6 is 23.2 Å². The molecule has 0 spiro atoms. The van der Waals surface area contributed by atoms with Gasteiger partial charge in [0.25, 0.3) is 21.5 Å². The Morgan fingerprint density at radius 2 is 1.47 bits per heavy atom. The van der Waals surface area contributed by atoms with Gasteiger partial charge in [-0.15, -0.1) is 0 Å². The molecule has 0 aliphatic carbocycles. The number of carboxylic acids is 1. The van der Waals surface area contributed by atoms with Crippen molar-refractivity contribution in [3.05, 3.63) is 146 Å². The number of amides is 1. The maximum atomic E-state index is 14.7. The number of hydrogen-bond donors (Lipinski definition) is 1. The highest BCUT2D eigenvalue weighted by atomic mass is 35.5. The molecular weight excluding hydrogens is 715 g/mol. The zero-order valence-electron chi connectivity index (χ0n) is 27.0. The van der Waals surface area contributed by atoms with Gasteiger partial charge < -0.3 is 14.6 Å².